The largest absolute Gasteiger partial charge is 0.410 e. The number of thioether (sulfide) groups is 1. The van der Waals surface area contributed by atoms with Gasteiger partial charge in [-0.05, 0) is 31.5 Å². The first-order valence-electron chi connectivity index (χ1n) is 6.37. The van der Waals surface area contributed by atoms with Crippen molar-refractivity contribution >= 4 is 46.3 Å². The highest BCUT2D eigenvalue weighted by Crippen LogP contribution is 2.32. The molecule has 8 heteroatoms. The first-order valence-corrected chi connectivity index (χ1v) is 8.93. The summed E-state index contributed by atoms with van der Waals surface area (Å²) >= 11 is 15.0. The second-order valence-electron chi connectivity index (χ2n) is 4.54. The van der Waals surface area contributed by atoms with Crippen LogP contribution in [0.3, 0.4) is 0 Å². The lowest BCUT2D eigenvalue weighted by atomic mass is 10.2. The van der Waals surface area contributed by atoms with Crippen molar-refractivity contribution in [1.29, 1.82) is 0 Å². The molecule has 0 unspecified atom stereocenters. The molecule has 0 amide bonds. The number of aryl methyl sites for hydroxylation is 2. The molecule has 4 nitrogen and oxygen atoms in total. The molecular formula is C14H11Cl2N3OS2. The third-order valence-electron chi connectivity index (χ3n) is 2.87. The highest BCUT2D eigenvalue weighted by atomic mass is 35.5. The van der Waals surface area contributed by atoms with Gasteiger partial charge in [0.25, 0.3) is 11.1 Å². The highest BCUT2D eigenvalue weighted by molar-refractivity contribution is 7.98. The predicted octanol–water partition coefficient (Wildman–Crippen LogP) is 5.41. The lowest BCUT2D eigenvalue weighted by Gasteiger charge is -2.02. The Bertz CT molecular complexity index is 816. The normalized spacial score (nSPS) is 11.1. The number of rotatable bonds is 4. The van der Waals surface area contributed by atoms with E-state index in [2.05, 4.69) is 15.2 Å². The zero-order valence-corrected chi connectivity index (χ0v) is 14.9. The molecule has 3 rings (SSSR count). The number of benzene rings is 1. The van der Waals surface area contributed by atoms with E-state index in [9.17, 15) is 0 Å². The van der Waals surface area contributed by atoms with Gasteiger partial charge in [-0.2, -0.15) is 0 Å². The van der Waals surface area contributed by atoms with Crippen molar-refractivity contribution in [3.63, 3.8) is 0 Å². The molecule has 114 valence electrons. The molecule has 22 heavy (non-hydrogen) atoms. The fraction of sp³-hybridized carbons (Fsp3) is 0.214. The van der Waals surface area contributed by atoms with Crippen LogP contribution in [0.1, 0.15) is 16.3 Å². The van der Waals surface area contributed by atoms with E-state index in [4.69, 9.17) is 27.6 Å². The minimum absolute atomic E-state index is 0.506. The summed E-state index contributed by atoms with van der Waals surface area (Å²) in [7, 11) is 0. The quantitative estimate of drug-likeness (QED) is 0.573. The van der Waals surface area contributed by atoms with Crippen LogP contribution in [-0.4, -0.2) is 15.2 Å². The van der Waals surface area contributed by atoms with E-state index >= 15 is 0 Å². The van der Waals surface area contributed by atoms with Crippen LogP contribution in [0.25, 0.3) is 10.8 Å². The average Bonchev–Trinajstić information content (AvgIpc) is 3.04. The molecule has 0 atom stereocenters. The third-order valence-corrected chi connectivity index (χ3v) is 5.39. The number of thiazole rings is 1. The van der Waals surface area contributed by atoms with E-state index < -0.39 is 0 Å². The first kappa shape index (κ1) is 15.8. The third kappa shape index (κ3) is 3.46. The summed E-state index contributed by atoms with van der Waals surface area (Å²) in [6.45, 7) is 3.89. The summed E-state index contributed by atoms with van der Waals surface area (Å²) in [5, 5.41) is 10.9. The van der Waals surface area contributed by atoms with Gasteiger partial charge in [0.15, 0.2) is 0 Å². The molecule has 0 saturated heterocycles. The topological polar surface area (TPSA) is 51.8 Å². The molecule has 0 saturated carbocycles. The van der Waals surface area contributed by atoms with Crippen molar-refractivity contribution in [1.82, 2.24) is 15.2 Å². The van der Waals surface area contributed by atoms with Gasteiger partial charge in [0.1, 0.15) is 4.88 Å². The molecule has 0 spiro atoms. The van der Waals surface area contributed by atoms with Gasteiger partial charge in [-0.25, -0.2) is 4.98 Å². The van der Waals surface area contributed by atoms with Gasteiger partial charge in [-0.3, -0.25) is 0 Å². The molecule has 3 aromatic rings. The van der Waals surface area contributed by atoms with Crippen molar-refractivity contribution < 1.29 is 4.42 Å². The average molecular weight is 372 g/mol. The van der Waals surface area contributed by atoms with Crippen LogP contribution in [0.15, 0.2) is 27.8 Å². The Morgan fingerprint density at radius 3 is 2.73 bits per heavy atom. The smallest absolute Gasteiger partial charge is 0.277 e. The molecule has 2 aromatic heterocycles. The van der Waals surface area contributed by atoms with E-state index in [-0.39, 0.29) is 0 Å². The van der Waals surface area contributed by atoms with E-state index in [1.54, 1.807) is 17.4 Å². The maximum absolute atomic E-state index is 6.15. The first-order chi connectivity index (χ1) is 10.5. The van der Waals surface area contributed by atoms with E-state index in [1.807, 2.05) is 26.0 Å². The zero-order valence-electron chi connectivity index (χ0n) is 11.8. The summed E-state index contributed by atoms with van der Waals surface area (Å²) < 4.78 is 5.69. The number of hydrogen-bond donors (Lipinski definition) is 0. The number of nitrogens with zero attached hydrogens (tertiary/aromatic N) is 3. The van der Waals surface area contributed by atoms with Crippen LogP contribution in [0, 0.1) is 13.8 Å². The maximum Gasteiger partial charge on any atom is 0.277 e. The number of hydrogen-bond acceptors (Lipinski definition) is 6. The van der Waals surface area contributed by atoms with E-state index in [0.29, 0.717) is 26.9 Å². The maximum atomic E-state index is 6.15. The predicted molar refractivity (Wildman–Crippen MR) is 90.9 cm³/mol. The van der Waals surface area contributed by atoms with Crippen LogP contribution in [0.2, 0.25) is 10.0 Å². The second-order valence-corrected chi connectivity index (χ2v) is 7.52. The van der Waals surface area contributed by atoms with Crippen molar-refractivity contribution in [2.75, 3.05) is 0 Å². The number of halogens is 2. The van der Waals surface area contributed by atoms with Crippen LogP contribution < -0.4 is 0 Å². The Morgan fingerprint density at radius 2 is 2.05 bits per heavy atom. The highest BCUT2D eigenvalue weighted by Gasteiger charge is 2.15. The van der Waals surface area contributed by atoms with Crippen molar-refractivity contribution in [3.8, 4) is 10.8 Å². The summed E-state index contributed by atoms with van der Waals surface area (Å²) in [6.07, 6.45) is 0. The van der Waals surface area contributed by atoms with E-state index in [0.717, 1.165) is 21.1 Å². The molecular weight excluding hydrogens is 361 g/mol. The zero-order chi connectivity index (χ0) is 15.7. The Morgan fingerprint density at radius 1 is 1.23 bits per heavy atom. The van der Waals surface area contributed by atoms with Crippen LogP contribution in [0.4, 0.5) is 0 Å². The fourth-order valence-corrected chi connectivity index (χ4v) is 4.03. The van der Waals surface area contributed by atoms with Crippen LogP contribution in [-0.2, 0) is 5.75 Å². The monoisotopic (exact) mass is 371 g/mol. The molecule has 0 radical (unpaired) electrons. The minimum atomic E-state index is 0.506. The van der Waals surface area contributed by atoms with Gasteiger partial charge in [0.05, 0.1) is 10.7 Å². The lowest BCUT2D eigenvalue weighted by molar-refractivity contribution is 0.466. The molecule has 0 fully saturated rings. The standard InChI is InChI=1S/C14H11Cl2N3OS2/c1-7-12(22-8(2)17-7)13-18-19-14(20-13)21-6-9-3-4-10(15)5-11(9)16/h3-5H,6H2,1-2H3. The van der Waals surface area contributed by atoms with Crippen LogP contribution in [0.5, 0.6) is 0 Å². The fourth-order valence-electron chi connectivity index (χ4n) is 1.87. The Kier molecular flexibility index (Phi) is 4.73. The summed E-state index contributed by atoms with van der Waals surface area (Å²) in [4.78, 5) is 5.28. The van der Waals surface area contributed by atoms with Crippen molar-refractivity contribution in [2.45, 2.75) is 24.8 Å². The SMILES string of the molecule is Cc1nc(C)c(-c2nnc(SCc3ccc(Cl)cc3Cl)o2)s1. The molecule has 0 aliphatic heterocycles. The Balaban J connectivity index is 1.73. The molecule has 0 aliphatic rings. The summed E-state index contributed by atoms with van der Waals surface area (Å²) in [6, 6.07) is 5.43. The van der Waals surface area contributed by atoms with Gasteiger partial charge in [-0.15, -0.1) is 21.5 Å². The van der Waals surface area contributed by atoms with Gasteiger partial charge in [0, 0.05) is 15.8 Å². The molecule has 0 aliphatic carbocycles. The van der Waals surface area contributed by atoms with E-state index in [1.165, 1.54) is 11.8 Å². The number of aromatic nitrogens is 3. The lowest BCUT2D eigenvalue weighted by Crippen LogP contribution is -1.82. The summed E-state index contributed by atoms with van der Waals surface area (Å²) in [5.74, 6) is 1.14. The van der Waals surface area contributed by atoms with Crippen molar-refractivity contribution in [2.24, 2.45) is 0 Å². The van der Waals surface area contributed by atoms with Gasteiger partial charge < -0.3 is 4.42 Å². The molecule has 2 heterocycles. The summed E-state index contributed by atoms with van der Waals surface area (Å²) in [5.41, 5.74) is 1.88. The molecule has 1 aromatic carbocycles. The van der Waals surface area contributed by atoms with Gasteiger partial charge in [0.2, 0.25) is 0 Å². The Labute approximate surface area is 145 Å². The second kappa shape index (κ2) is 6.58. The minimum Gasteiger partial charge on any atom is -0.410 e. The van der Waals surface area contributed by atoms with Gasteiger partial charge in [-0.1, -0.05) is 41.0 Å². The van der Waals surface area contributed by atoms with Crippen LogP contribution >= 0.6 is 46.3 Å². The van der Waals surface area contributed by atoms with Gasteiger partial charge >= 0.3 is 0 Å². The van der Waals surface area contributed by atoms with Crippen molar-refractivity contribution in [3.05, 3.63) is 44.5 Å². The molecule has 0 bridgehead atoms. The Hall–Kier alpha value is -1.08. The molecule has 0 N–H and O–H groups in total.